The molecule has 0 aromatic carbocycles. The number of hydrogen-bond acceptors (Lipinski definition) is 2. The van der Waals surface area contributed by atoms with Gasteiger partial charge in [-0.15, -0.1) is 11.8 Å². The monoisotopic (exact) mass is 222 g/mol. The van der Waals surface area contributed by atoms with Crippen molar-refractivity contribution in [3.8, 4) is 11.8 Å². The van der Waals surface area contributed by atoms with Gasteiger partial charge < -0.3 is 5.32 Å². The number of hydrogen-bond donors (Lipinski definition) is 1. The predicted octanol–water partition coefficient (Wildman–Crippen LogP) is 1.88. The summed E-state index contributed by atoms with van der Waals surface area (Å²) in [5.74, 6) is 5.38. The molecule has 1 aromatic heterocycles. The fourth-order valence-electron chi connectivity index (χ4n) is 0.983. The summed E-state index contributed by atoms with van der Waals surface area (Å²) in [6, 6.07) is 3.16. The second-order valence-electron chi connectivity index (χ2n) is 2.79. The van der Waals surface area contributed by atoms with Crippen LogP contribution in [0.4, 0.5) is 0 Å². The van der Waals surface area contributed by atoms with E-state index < -0.39 is 0 Å². The van der Waals surface area contributed by atoms with Crippen molar-refractivity contribution >= 4 is 17.5 Å². The van der Waals surface area contributed by atoms with Crippen LogP contribution in [0.25, 0.3) is 0 Å². The Hall–Kier alpha value is -1.53. The third-order valence-corrected chi connectivity index (χ3v) is 1.90. The van der Waals surface area contributed by atoms with Gasteiger partial charge in [-0.25, -0.2) is 0 Å². The molecule has 0 fully saturated rings. The molecule has 0 aliphatic carbocycles. The van der Waals surface area contributed by atoms with Crippen LogP contribution < -0.4 is 5.32 Å². The summed E-state index contributed by atoms with van der Waals surface area (Å²) in [6.45, 7) is 2.29. The lowest BCUT2D eigenvalue weighted by Gasteiger charge is -2.01. The summed E-state index contributed by atoms with van der Waals surface area (Å²) < 4.78 is 0. The van der Waals surface area contributed by atoms with Crippen LogP contribution in [0.2, 0.25) is 5.02 Å². The van der Waals surface area contributed by atoms with E-state index in [0.717, 1.165) is 0 Å². The lowest BCUT2D eigenvalue weighted by molar-refractivity contribution is 0.0949. The van der Waals surface area contributed by atoms with Gasteiger partial charge in [0.2, 0.25) is 0 Å². The first-order chi connectivity index (χ1) is 7.24. The summed E-state index contributed by atoms with van der Waals surface area (Å²) in [6.07, 6.45) is 2.14. The van der Waals surface area contributed by atoms with E-state index in [0.29, 0.717) is 23.7 Å². The lowest BCUT2D eigenvalue weighted by atomic mass is 10.3. The van der Waals surface area contributed by atoms with Crippen molar-refractivity contribution in [2.75, 3.05) is 6.54 Å². The molecule has 0 radical (unpaired) electrons. The maximum atomic E-state index is 11.5. The summed E-state index contributed by atoms with van der Waals surface area (Å²) in [5.41, 5.74) is 0.326. The van der Waals surface area contributed by atoms with Gasteiger partial charge >= 0.3 is 0 Å². The molecule has 78 valence electrons. The molecule has 0 saturated carbocycles. The highest BCUT2D eigenvalue weighted by Gasteiger charge is 2.05. The number of amides is 1. The Balaban J connectivity index is 2.49. The summed E-state index contributed by atoms with van der Waals surface area (Å²) in [4.78, 5) is 15.4. The Morgan fingerprint density at radius 1 is 1.67 bits per heavy atom. The number of nitrogens with zero attached hydrogens (tertiary/aromatic N) is 1. The van der Waals surface area contributed by atoms with Crippen molar-refractivity contribution in [3.05, 3.63) is 29.0 Å². The zero-order valence-corrected chi connectivity index (χ0v) is 9.14. The number of pyridine rings is 1. The van der Waals surface area contributed by atoms with Crippen molar-refractivity contribution in [1.82, 2.24) is 10.3 Å². The first-order valence-electron chi connectivity index (χ1n) is 4.53. The average molecular weight is 223 g/mol. The van der Waals surface area contributed by atoms with Crippen LogP contribution in [0.15, 0.2) is 18.3 Å². The largest absolute Gasteiger partial charge is 0.350 e. The molecule has 0 saturated heterocycles. The van der Waals surface area contributed by atoms with Crippen molar-refractivity contribution < 1.29 is 4.79 Å². The summed E-state index contributed by atoms with van der Waals surface area (Å²) >= 11 is 5.73. The molecule has 0 spiro atoms. The van der Waals surface area contributed by atoms with Crippen molar-refractivity contribution in [2.24, 2.45) is 0 Å². The molecule has 1 rings (SSSR count). The number of halogens is 1. The van der Waals surface area contributed by atoms with Crippen LogP contribution in [0, 0.1) is 11.8 Å². The van der Waals surface area contributed by atoms with Gasteiger partial charge in [0.15, 0.2) is 0 Å². The van der Waals surface area contributed by atoms with Gasteiger partial charge in [0.05, 0.1) is 0 Å². The Labute approximate surface area is 93.9 Å². The topological polar surface area (TPSA) is 42.0 Å². The molecule has 15 heavy (non-hydrogen) atoms. The van der Waals surface area contributed by atoms with Crippen molar-refractivity contribution in [1.29, 1.82) is 0 Å². The van der Waals surface area contributed by atoms with Crippen LogP contribution in [0.5, 0.6) is 0 Å². The molecule has 0 aliphatic rings. The highest BCUT2D eigenvalue weighted by atomic mass is 35.5. The number of nitrogens with one attached hydrogen (secondary N) is 1. The van der Waals surface area contributed by atoms with E-state index in [-0.39, 0.29) is 5.91 Å². The molecule has 0 unspecified atom stereocenters. The minimum Gasteiger partial charge on any atom is -0.350 e. The summed E-state index contributed by atoms with van der Waals surface area (Å²) in [5, 5.41) is 3.20. The Morgan fingerprint density at radius 2 is 2.47 bits per heavy atom. The van der Waals surface area contributed by atoms with Gasteiger partial charge in [-0.1, -0.05) is 11.6 Å². The molecule has 1 N–H and O–H groups in total. The number of rotatable bonds is 3. The van der Waals surface area contributed by atoms with E-state index in [2.05, 4.69) is 22.1 Å². The molecule has 0 atom stereocenters. The van der Waals surface area contributed by atoms with E-state index >= 15 is 0 Å². The quantitative estimate of drug-likeness (QED) is 0.627. The molecule has 4 heteroatoms. The first-order valence-corrected chi connectivity index (χ1v) is 4.91. The molecule has 3 nitrogen and oxygen atoms in total. The normalized spacial score (nSPS) is 8.93. The molecular formula is C11H11ClN2O. The first kappa shape index (κ1) is 11.5. The van der Waals surface area contributed by atoms with E-state index in [1.165, 1.54) is 12.3 Å². The standard InChI is InChI=1S/C11H11ClN2O/c1-2-3-4-6-14-11(15)10-8-9(12)5-7-13-10/h5,7-8H,4,6H2,1H3,(H,14,15). The highest BCUT2D eigenvalue weighted by Crippen LogP contribution is 2.07. The average Bonchev–Trinajstić information content (AvgIpc) is 2.24. The molecular weight excluding hydrogens is 212 g/mol. The van der Waals surface area contributed by atoms with E-state index in [9.17, 15) is 4.79 Å². The smallest absolute Gasteiger partial charge is 0.269 e. The van der Waals surface area contributed by atoms with Gasteiger partial charge in [-0.3, -0.25) is 9.78 Å². The van der Waals surface area contributed by atoms with Gasteiger partial charge in [0, 0.05) is 24.2 Å². The number of aromatic nitrogens is 1. The van der Waals surface area contributed by atoms with Gasteiger partial charge in [0.25, 0.3) is 5.91 Å². The third kappa shape index (κ3) is 4.01. The van der Waals surface area contributed by atoms with Crippen molar-refractivity contribution in [3.63, 3.8) is 0 Å². The Morgan fingerprint density at radius 3 is 3.13 bits per heavy atom. The highest BCUT2D eigenvalue weighted by molar-refractivity contribution is 6.30. The zero-order chi connectivity index (χ0) is 11.1. The van der Waals surface area contributed by atoms with Gasteiger partial charge in [-0.2, -0.15) is 0 Å². The van der Waals surface area contributed by atoms with Crippen LogP contribution in [-0.4, -0.2) is 17.4 Å². The SMILES string of the molecule is CC#CCCNC(=O)c1cc(Cl)ccn1. The van der Waals surface area contributed by atoms with E-state index in [1.54, 1.807) is 13.0 Å². The predicted molar refractivity (Wildman–Crippen MR) is 59.6 cm³/mol. The molecule has 1 heterocycles. The van der Waals surface area contributed by atoms with Gasteiger partial charge in [-0.05, 0) is 19.1 Å². The van der Waals surface area contributed by atoms with Crippen molar-refractivity contribution in [2.45, 2.75) is 13.3 Å². The minimum atomic E-state index is -0.226. The maximum Gasteiger partial charge on any atom is 0.269 e. The lowest BCUT2D eigenvalue weighted by Crippen LogP contribution is -2.25. The van der Waals surface area contributed by atoms with E-state index in [4.69, 9.17) is 11.6 Å². The summed E-state index contributed by atoms with van der Waals surface area (Å²) in [7, 11) is 0. The van der Waals surface area contributed by atoms with Crippen LogP contribution >= 0.6 is 11.6 Å². The zero-order valence-electron chi connectivity index (χ0n) is 8.38. The van der Waals surface area contributed by atoms with Gasteiger partial charge in [0.1, 0.15) is 5.69 Å². The molecule has 0 bridgehead atoms. The van der Waals surface area contributed by atoms with Crippen LogP contribution in [0.1, 0.15) is 23.8 Å². The minimum absolute atomic E-state index is 0.226. The second-order valence-corrected chi connectivity index (χ2v) is 3.23. The number of carbonyl (C=O) groups excluding carboxylic acids is 1. The number of carbonyl (C=O) groups is 1. The fraction of sp³-hybridized carbons (Fsp3) is 0.273. The second kappa shape index (κ2) is 6.05. The Kier molecular flexibility index (Phi) is 4.65. The van der Waals surface area contributed by atoms with Crippen LogP contribution in [0.3, 0.4) is 0 Å². The fourth-order valence-corrected chi connectivity index (χ4v) is 1.14. The van der Waals surface area contributed by atoms with E-state index in [1.807, 2.05) is 0 Å². The van der Waals surface area contributed by atoms with Crippen LogP contribution in [-0.2, 0) is 0 Å². The molecule has 0 aliphatic heterocycles. The Bertz CT molecular complexity index is 407. The maximum absolute atomic E-state index is 11.5. The molecule has 1 aromatic rings. The molecule has 1 amide bonds. The third-order valence-electron chi connectivity index (χ3n) is 1.67.